The quantitative estimate of drug-likeness (QED) is 0.767. The predicted octanol–water partition coefficient (Wildman–Crippen LogP) is 3.17. The number of thiocarbonyl (C=S) groups is 1. The summed E-state index contributed by atoms with van der Waals surface area (Å²) in [6, 6.07) is 16.7. The molecule has 0 aromatic heterocycles. The van der Waals surface area contributed by atoms with E-state index in [0.29, 0.717) is 5.11 Å². The van der Waals surface area contributed by atoms with Crippen LogP contribution in [0.3, 0.4) is 0 Å². The van der Waals surface area contributed by atoms with Crippen molar-refractivity contribution >= 4 is 40.1 Å². The molecule has 2 N–H and O–H groups in total. The van der Waals surface area contributed by atoms with E-state index in [2.05, 4.69) is 69.0 Å². The molecule has 2 heterocycles. The van der Waals surface area contributed by atoms with Gasteiger partial charge in [-0.1, -0.05) is 0 Å². The van der Waals surface area contributed by atoms with Gasteiger partial charge in [-0.15, -0.1) is 0 Å². The van der Waals surface area contributed by atoms with Crippen LogP contribution in [0.4, 0.5) is 22.7 Å². The highest BCUT2D eigenvalue weighted by Crippen LogP contribution is 2.21. The number of hydrogen-bond acceptors (Lipinski definition) is 5. The lowest BCUT2D eigenvalue weighted by Gasteiger charge is -2.29. The molecule has 2 aromatic carbocycles. The molecule has 28 heavy (non-hydrogen) atoms. The highest BCUT2D eigenvalue weighted by Gasteiger charge is 2.12. The van der Waals surface area contributed by atoms with E-state index in [1.54, 1.807) is 0 Å². The largest absolute Gasteiger partial charge is 0.378 e. The lowest BCUT2D eigenvalue weighted by Crippen LogP contribution is -2.36. The van der Waals surface area contributed by atoms with Crippen LogP contribution in [0.15, 0.2) is 48.5 Å². The smallest absolute Gasteiger partial charge is 0.175 e. The first-order valence-electron chi connectivity index (χ1n) is 9.71. The standard InChI is InChI=1S/C21H26N4O2S/c28-21(22-17-1-5-19(6-2-17)24-9-13-26-14-10-24)23-18-3-7-20(8-4-18)25-11-15-27-16-12-25/h1-8H,9-16H2,(H2,22,23,28). The molecule has 148 valence electrons. The van der Waals surface area contributed by atoms with Gasteiger partial charge in [0.15, 0.2) is 5.11 Å². The van der Waals surface area contributed by atoms with Crippen molar-refractivity contribution in [3.05, 3.63) is 48.5 Å². The van der Waals surface area contributed by atoms with Crippen molar-refractivity contribution in [1.29, 1.82) is 0 Å². The summed E-state index contributed by atoms with van der Waals surface area (Å²) in [5.41, 5.74) is 4.37. The lowest BCUT2D eigenvalue weighted by atomic mass is 10.2. The number of morpholine rings is 2. The third-order valence-corrected chi connectivity index (χ3v) is 5.21. The molecule has 2 fully saturated rings. The van der Waals surface area contributed by atoms with Crippen LogP contribution in [0.5, 0.6) is 0 Å². The summed E-state index contributed by atoms with van der Waals surface area (Å²) >= 11 is 5.46. The maximum absolute atomic E-state index is 5.46. The van der Waals surface area contributed by atoms with Gasteiger partial charge in [0.05, 0.1) is 26.4 Å². The number of benzene rings is 2. The van der Waals surface area contributed by atoms with Crippen molar-refractivity contribution in [3.8, 4) is 0 Å². The van der Waals surface area contributed by atoms with Crippen LogP contribution >= 0.6 is 12.2 Å². The normalized spacial score (nSPS) is 17.3. The third-order valence-electron chi connectivity index (χ3n) is 5.00. The van der Waals surface area contributed by atoms with E-state index in [1.807, 2.05) is 0 Å². The van der Waals surface area contributed by atoms with Crippen LogP contribution in [-0.2, 0) is 9.47 Å². The predicted molar refractivity (Wildman–Crippen MR) is 119 cm³/mol. The Labute approximate surface area is 171 Å². The van der Waals surface area contributed by atoms with Crippen LogP contribution in [0.2, 0.25) is 0 Å². The van der Waals surface area contributed by atoms with Crippen molar-refractivity contribution < 1.29 is 9.47 Å². The maximum atomic E-state index is 5.46. The summed E-state index contributed by atoms with van der Waals surface area (Å²) in [7, 11) is 0. The Morgan fingerprint density at radius 3 is 1.36 bits per heavy atom. The van der Waals surface area contributed by atoms with E-state index < -0.39 is 0 Å². The molecule has 7 heteroatoms. The minimum Gasteiger partial charge on any atom is -0.378 e. The topological polar surface area (TPSA) is 49.0 Å². The van der Waals surface area contributed by atoms with Gasteiger partial charge in [0.1, 0.15) is 0 Å². The molecular formula is C21H26N4O2S. The number of anilines is 4. The van der Waals surface area contributed by atoms with Gasteiger partial charge in [0.2, 0.25) is 0 Å². The summed E-state index contributed by atoms with van der Waals surface area (Å²) in [5, 5.41) is 7.08. The molecule has 0 unspecified atom stereocenters. The zero-order valence-corrected chi connectivity index (χ0v) is 16.7. The molecule has 2 aliphatic heterocycles. The van der Waals surface area contributed by atoms with Crippen LogP contribution < -0.4 is 20.4 Å². The molecule has 6 nitrogen and oxygen atoms in total. The average Bonchev–Trinajstić information content (AvgIpc) is 2.76. The second-order valence-corrected chi connectivity index (χ2v) is 7.28. The number of rotatable bonds is 4. The molecule has 0 radical (unpaired) electrons. The SMILES string of the molecule is S=C(Nc1ccc(N2CCOCC2)cc1)Nc1ccc(N2CCOCC2)cc1. The number of ether oxygens (including phenoxy) is 2. The van der Waals surface area contributed by atoms with Gasteiger partial charge in [0, 0.05) is 48.9 Å². The Morgan fingerprint density at radius 2 is 1.00 bits per heavy atom. The average molecular weight is 399 g/mol. The first-order valence-corrected chi connectivity index (χ1v) is 10.1. The molecule has 0 aliphatic carbocycles. The van der Waals surface area contributed by atoms with E-state index in [1.165, 1.54) is 11.4 Å². The van der Waals surface area contributed by atoms with Crippen LogP contribution in [0.1, 0.15) is 0 Å². The molecule has 0 amide bonds. The van der Waals surface area contributed by atoms with Crippen LogP contribution in [-0.4, -0.2) is 57.7 Å². The highest BCUT2D eigenvalue weighted by molar-refractivity contribution is 7.80. The maximum Gasteiger partial charge on any atom is 0.175 e. The van der Waals surface area contributed by atoms with Gasteiger partial charge >= 0.3 is 0 Å². The van der Waals surface area contributed by atoms with Crippen molar-refractivity contribution in [1.82, 2.24) is 0 Å². The Balaban J connectivity index is 1.30. The van der Waals surface area contributed by atoms with E-state index in [0.717, 1.165) is 64.0 Å². The van der Waals surface area contributed by atoms with E-state index >= 15 is 0 Å². The van der Waals surface area contributed by atoms with Crippen molar-refractivity contribution in [2.45, 2.75) is 0 Å². The number of nitrogens with zero attached hydrogens (tertiary/aromatic N) is 2. The highest BCUT2D eigenvalue weighted by atomic mass is 32.1. The monoisotopic (exact) mass is 398 g/mol. The Bertz CT molecular complexity index is 704. The second kappa shape index (κ2) is 9.23. The molecule has 2 aliphatic rings. The van der Waals surface area contributed by atoms with Gasteiger partial charge in [-0.2, -0.15) is 0 Å². The molecule has 2 saturated heterocycles. The first-order chi connectivity index (χ1) is 13.8. The summed E-state index contributed by atoms with van der Waals surface area (Å²) in [6.45, 7) is 6.91. The summed E-state index contributed by atoms with van der Waals surface area (Å²) in [6.07, 6.45) is 0. The zero-order valence-electron chi connectivity index (χ0n) is 15.9. The summed E-state index contributed by atoms with van der Waals surface area (Å²) in [5.74, 6) is 0. The van der Waals surface area contributed by atoms with Gasteiger partial charge < -0.3 is 29.9 Å². The van der Waals surface area contributed by atoms with Crippen molar-refractivity contribution in [2.75, 3.05) is 73.0 Å². The minimum absolute atomic E-state index is 0.582. The molecule has 0 saturated carbocycles. The lowest BCUT2D eigenvalue weighted by molar-refractivity contribution is 0.122. The Kier molecular flexibility index (Phi) is 6.26. The van der Waals surface area contributed by atoms with Crippen molar-refractivity contribution in [3.63, 3.8) is 0 Å². The third kappa shape index (κ3) is 4.92. The van der Waals surface area contributed by atoms with E-state index in [-0.39, 0.29) is 0 Å². The zero-order chi connectivity index (χ0) is 19.2. The molecule has 0 atom stereocenters. The fourth-order valence-corrected chi connectivity index (χ4v) is 3.68. The Morgan fingerprint density at radius 1 is 0.643 bits per heavy atom. The van der Waals surface area contributed by atoms with Gasteiger partial charge in [-0.3, -0.25) is 0 Å². The molecule has 4 rings (SSSR count). The second-order valence-electron chi connectivity index (χ2n) is 6.87. The molecule has 0 spiro atoms. The number of nitrogens with one attached hydrogen (secondary N) is 2. The first kappa shape index (κ1) is 19.0. The van der Waals surface area contributed by atoms with E-state index in [4.69, 9.17) is 21.7 Å². The minimum atomic E-state index is 0.582. The fraction of sp³-hybridized carbons (Fsp3) is 0.381. The molecule has 2 aromatic rings. The number of hydrogen-bond donors (Lipinski definition) is 2. The fourth-order valence-electron chi connectivity index (χ4n) is 3.45. The molecular weight excluding hydrogens is 372 g/mol. The van der Waals surface area contributed by atoms with Gasteiger partial charge in [-0.25, -0.2) is 0 Å². The van der Waals surface area contributed by atoms with Crippen molar-refractivity contribution in [2.24, 2.45) is 0 Å². The Hall–Kier alpha value is -2.35. The van der Waals surface area contributed by atoms with Gasteiger partial charge in [0.25, 0.3) is 0 Å². The van der Waals surface area contributed by atoms with E-state index in [9.17, 15) is 0 Å². The van der Waals surface area contributed by atoms with Crippen LogP contribution in [0, 0.1) is 0 Å². The molecule has 0 bridgehead atoms. The van der Waals surface area contributed by atoms with Crippen LogP contribution in [0.25, 0.3) is 0 Å². The summed E-state index contributed by atoms with van der Waals surface area (Å²) < 4.78 is 10.8. The summed E-state index contributed by atoms with van der Waals surface area (Å²) in [4.78, 5) is 4.67. The van der Waals surface area contributed by atoms with Gasteiger partial charge in [-0.05, 0) is 60.7 Å².